The van der Waals surface area contributed by atoms with Crippen LogP contribution in [0.15, 0.2) is 24.3 Å². The van der Waals surface area contributed by atoms with Gasteiger partial charge in [0.05, 0.1) is 0 Å². The minimum Gasteiger partial charge on any atom is -0.211 e. The SMILES string of the molecule is CC.CC1=c2ccccc2=C(F)CC1. The molecule has 0 saturated heterocycles. The molecule has 1 aliphatic rings. The summed E-state index contributed by atoms with van der Waals surface area (Å²) >= 11 is 0. The van der Waals surface area contributed by atoms with Crippen LogP contribution in [0.3, 0.4) is 0 Å². The Kier molecular flexibility index (Phi) is 3.87. The molecule has 1 heteroatoms. The molecule has 14 heavy (non-hydrogen) atoms. The van der Waals surface area contributed by atoms with Gasteiger partial charge in [0.25, 0.3) is 0 Å². The summed E-state index contributed by atoms with van der Waals surface area (Å²) < 4.78 is 13.3. The molecule has 0 fully saturated rings. The van der Waals surface area contributed by atoms with E-state index in [-0.39, 0.29) is 5.83 Å². The van der Waals surface area contributed by atoms with Crippen molar-refractivity contribution >= 4 is 11.4 Å². The zero-order valence-corrected chi connectivity index (χ0v) is 9.10. The van der Waals surface area contributed by atoms with Crippen molar-refractivity contribution in [2.24, 2.45) is 0 Å². The summed E-state index contributed by atoms with van der Waals surface area (Å²) in [5.41, 5.74) is 1.30. The Morgan fingerprint density at radius 3 is 2.14 bits per heavy atom. The average molecular weight is 192 g/mol. The third-order valence-corrected chi connectivity index (χ3v) is 2.40. The zero-order chi connectivity index (χ0) is 10.6. The molecule has 0 nitrogen and oxygen atoms in total. The highest BCUT2D eigenvalue weighted by atomic mass is 19.1. The molecule has 2 rings (SSSR count). The second-order valence-corrected chi connectivity index (χ2v) is 3.23. The predicted molar refractivity (Wildman–Crippen MR) is 59.9 cm³/mol. The van der Waals surface area contributed by atoms with Crippen molar-refractivity contribution in [1.29, 1.82) is 0 Å². The first-order valence-electron chi connectivity index (χ1n) is 5.22. The summed E-state index contributed by atoms with van der Waals surface area (Å²) in [4.78, 5) is 0. The van der Waals surface area contributed by atoms with Gasteiger partial charge in [-0.15, -0.1) is 0 Å². The lowest BCUT2D eigenvalue weighted by atomic mass is 10.0. The lowest BCUT2D eigenvalue weighted by molar-refractivity contribution is 0.692. The molecular weight excluding hydrogens is 175 g/mol. The molecule has 0 aliphatic heterocycles. The summed E-state index contributed by atoms with van der Waals surface area (Å²) in [6.45, 7) is 6.07. The first kappa shape index (κ1) is 11.0. The van der Waals surface area contributed by atoms with Crippen LogP contribution in [0.4, 0.5) is 4.39 Å². The van der Waals surface area contributed by atoms with Crippen LogP contribution in [0, 0.1) is 0 Å². The first-order chi connectivity index (χ1) is 6.79. The van der Waals surface area contributed by atoms with Gasteiger partial charge >= 0.3 is 0 Å². The number of hydrogen-bond acceptors (Lipinski definition) is 0. The van der Waals surface area contributed by atoms with Gasteiger partial charge in [-0.2, -0.15) is 0 Å². The molecule has 0 saturated carbocycles. The minimum atomic E-state index is 0.0381. The van der Waals surface area contributed by atoms with Crippen LogP contribution < -0.4 is 10.4 Å². The maximum atomic E-state index is 13.3. The highest BCUT2D eigenvalue weighted by Crippen LogP contribution is 2.13. The first-order valence-corrected chi connectivity index (χ1v) is 5.22. The molecule has 1 aliphatic carbocycles. The molecule has 0 bridgehead atoms. The van der Waals surface area contributed by atoms with E-state index in [1.54, 1.807) is 0 Å². The minimum absolute atomic E-state index is 0.0381. The number of benzene rings is 1. The molecule has 0 atom stereocenters. The normalized spacial score (nSPS) is 14.3. The quantitative estimate of drug-likeness (QED) is 0.593. The second kappa shape index (κ2) is 4.94. The van der Waals surface area contributed by atoms with Crippen LogP contribution in [-0.2, 0) is 0 Å². The summed E-state index contributed by atoms with van der Waals surface area (Å²) in [6, 6.07) is 7.69. The Balaban J connectivity index is 0.000000461. The number of fused-ring (bicyclic) bond motifs is 1. The van der Waals surface area contributed by atoms with Gasteiger partial charge in [-0.05, 0) is 18.6 Å². The number of halogens is 1. The molecule has 0 N–H and O–H groups in total. The fourth-order valence-corrected chi connectivity index (χ4v) is 1.66. The molecule has 0 heterocycles. The highest BCUT2D eigenvalue weighted by molar-refractivity contribution is 5.52. The highest BCUT2D eigenvalue weighted by Gasteiger charge is 2.05. The maximum absolute atomic E-state index is 13.3. The fourth-order valence-electron chi connectivity index (χ4n) is 1.66. The van der Waals surface area contributed by atoms with Crippen molar-refractivity contribution < 1.29 is 4.39 Å². The predicted octanol–water partition coefficient (Wildman–Crippen LogP) is 2.75. The topological polar surface area (TPSA) is 0 Å². The molecule has 1 aromatic carbocycles. The molecule has 0 aromatic heterocycles. The Labute approximate surface area is 84.8 Å². The number of rotatable bonds is 0. The Morgan fingerprint density at radius 1 is 1.00 bits per heavy atom. The second-order valence-electron chi connectivity index (χ2n) is 3.23. The van der Waals surface area contributed by atoms with E-state index in [1.165, 1.54) is 5.57 Å². The lowest BCUT2D eigenvalue weighted by Crippen LogP contribution is -2.30. The summed E-state index contributed by atoms with van der Waals surface area (Å²) in [5.74, 6) is 0.0381. The van der Waals surface area contributed by atoms with Crippen LogP contribution in [-0.4, -0.2) is 0 Å². The third-order valence-electron chi connectivity index (χ3n) is 2.40. The zero-order valence-electron chi connectivity index (χ0n) is 9.10. The van der Waals surface area contributed by atoms with E-state index < -0.39 is 0 Å². The van der Waals surface area contributed by atoms with Gasteiger partial charge in [-0.1, -0.05) is 43.7 Å². The van der Waals surface area contributed by atoms with E-state index in [4.69, 9.17) is 0 Å². The summed E-state index contributed by atoms with van der Waals surface area (Å²) in [7, 11) is 0. The Hall–Kier alpha value is -1.11. The van der Waals surface area contributed by atoms with Gasteiger partial charge in [-0.3, -0.25) is 0 Å². The van der Waals surface area contributed by atoms with Crippen LogP contribution in [0.5, 0.6) is 0 Å². The Morgan fingerprint density at radius 2 is 1.57 bits per heavy atom. The molecule has 0 spiro atoms. The van der Waals surface area contributed by atoms with E-state index in [1.807, 2.05) is 38.1 Å². The van der Waals surface area contributed by atoms with Crippen LogP contribution in [0.25, 0.3) is 11.4 Å². The molecule has 0 radical (unpaired) electrons. The summed E-state index contributed by atoms with van der Waals surface area (Å²) in [6.07, 6.45) is 1.44. The Bertz CT molecular complexity index is 374. The van der Waals surface area contributed by atoms with Crippen molar-refractivity contribution in [3.8, 4) is 0 Å². The van der Waals surface area contributed by atoms with E-state index in [2.05, 4.69) is 6.92 Å². The van der Waals surface area contributed by atoms with Crippen molar-refractivity contribution in [3.05, 3.63) is 34.7 Å². The standard InChI is InChI=1S/C11H11F.C2H6/c1-8-6-7-11(12)10-5-3-2-4-9(8)10;1-2/h2-5H,6-7H2,1H3;1-2H3. The molecule has 0 amide bonds. The van der Waals surface area contributed by atoms with Crippen LogP contribution in [0.1, 0.15) is 33.6 Å². The molecule has 1 aromatic rings. The average Bonchev–Trinajstić information content (AvgIpc) is 2.27. The van der Waals surface area contributed by atoms with Crippen molar-refractivity contribution in [2.45, 2.75) is 33.6 Å². The monoisotopic (exact) mass is 192 g/mol. The maximum Gasteiger partial charge on any atom is 0.108 e. The van der Waals surface area contributed by atoms with Gasteiger partial charge in [0, 0.05) is 11.6 Å². The van der Waals surface area contributed by atoms with Gasteiger partial charge < -0.3 is 0 Å². The van der Waals surface area contributed by atoms with E-state index in [0.717, 1.165) is 16.9 Å². The smallest absolute Gasteiger partial charge is 0.108 e. The fraction of sp³-hybridized carbons (Fsp3) is 0.385. The molecule has 0 unspecified atom stereocenters. The summed E-state index contributed by atoms with van der Waals surface area (Å²) in [5, 5.41) is 1.88. The van der Waals surface area contributed by atoms with Crippen molar-refractivity contribution in [1.82, 2.24) is 0 Å². The lowest BCUT2D eigenvalue weighted by Gasteiger charge is -2.07. The third kappa shape index (κ3) is 2.03. The van der Waals surface area contributed by atoms with Crippen molar-refractivity contribution in [2.75, 3.05) is 0 Å². The van der Waals surface area contributed by atoms with Gasteiger partial charge in [0.15, 0.2) is 0 Å². The van der Waals surface area contributed by atoms with E-state index in [9.17, 15) is 4.39 Å². The van der Waals surface area contributed by atoms with Gasteiger partial charge in [0.2, 0.25) is 0 Å². The van der Waals surface area contributed by atoms with E-state index in [0.29, 0.717) is 6.42 Å². The van der Waals surface area contributed by atoms with E-state index >= 15 is 0 Å². The largest absolute Gasteiger partial charge is 0.211 e. The van der Waals surface area contributed by atoms with Gasteiger partial charge in [-0.25, -0.2) is 4.39 Å². The van der Waals surface area contributed by atoms with Crippen LogP contribution in [0.2, 0.25) is 0 Å². The van der Waals surface area contributed by atoms with Crippen molar-refractivity contribution in [3.63, 3.8) is 0 Å². The molecular formula is C13H17F. The van der Waals surface area contributed by atoms with Crippen LogP contribution >= 0.6 is 0 Å². The molecule has 76 valence electrons. The van der Waals surface area contributed by atoms with Gasteiger partial charge in [0.1, 0.15) is 5.83 Å². The number of hydrogen-bond donors (Lipinski definition) is 0.